The number of phenolic OH excluding ortho intramolecular Hbond substituents is 1. The number of hydrogen-bond donors (Lipinski definition) is 1. The van der Waals surface area contributed by atoms with E-state index in [1.165, 1.54) is 11.3 Å². The van der Waals surface area contributed by atoms with Gasteiger partial charge in [0.15, 0.2) is 11.5 Å². The second-order valence-electron chi connectivity index (χ2n) is 6.27. The Kier molecular flexibility index (Phi) is 5.43. The molecule has 0 bridgehead atoms. The Morgan fingerprint density at radius 1 is 1.04 bits per heavy atom. The molecule has 5 heteroatoms. The molecule has 0 atom stereocenters. The minimum atomic E-state index is 0.0963. The highest BCUT2D eigenvalue weighted by Crippen LogP contribution is 2.24. The van der Waals surface area contributed by atoms with Gasteiger partial charge in [0.1, 0.15) is 0 Å². The van der Waals surface area contributed by atoms with Crippen LogP contribution in [0.25, 0.3) is 0 Å². The van der Waals surface area contributed by atoms with Gasteiger partial charge in [0, 0.05) is 31.9 Å². The van der Waals surface area contributed by atoms with Crippen LogP contribution in [0, 0.1) is 6.92 Å². The molecular formula is C20H24N2O3. The van der Waals surface area contributed by atoms with Gasteiger partial charge in [-0.3, -0.25) is 4.79 Å². The molecule has 3 rings (SSSR count). The van der Waals surface area contributed by atoms with Crippen LogP contribution in [0.15, 0.2) is 48.5 Å². The van der Waals surface area contributed by atoms with Crippen molar-refractivity contribution in [3.63, 3.8) is 0 Å². The normalized spacial score (nSPS) is 14.4. The number of aromatic hydroxyl groups is 1. The molecule has 2 aromatic carbocycles. The lowest BCUT2D eigenvalue weighted by Gasteiger charge is -2.36. The molecule has 0 unspecified atom stereocenters. The lowest BCUT2D eigenvalue weighted by Crippen LogP contribution is -2.49. The van der Waals surface area contributed by atoms with Gasteiger partial charge in [-0.2, -0.15) is 0 Å². The van der Waals surface area contributed by atoms with Gasteiger partial charge in [-0.05, 0) is 31.2 Å². The Labute approximate surface area is 148 Å². The summed E-state index contributed by atoms with van der Waals surface area (Å²) in [5, 5.41) is 9.65. The lowest BCUT2D eigenvalue weighted by molar-refractivity contribution is -0.132. The zero-order valence-electron chi connectivity index (χ0n) is 14.5. The van der Waals surface area contributed by atoms with Crippen molar-refractivity contribution in [2.75, 3.05) is 37.7 Å². The van der Waals surface area contributed by atoms with Gasteiger partial charge in [-0.25, -0.2) is 0 Å². The smallest absolute Gasteiger partial charge is 0.226 e. The summed E-state index contributed by atoms with van der Waals surface area (Å²) < 4.78 is 5.49. The number of ether oxygens (including phenoxy) is 1. The first-order chi connectivity index (χ1) is 12.1. The number of hydrogen-bond acceptors (Lipinski definition) is 4. The highest BCUT2D eigenvalue weighted by atomic mass is 16.5. The molecule has 1 heterocycles. The van der Waals surface area contributed by atoms with Crippen molar-refractivity contribution in [2.45, 2.75) is 13.3 Å². The van der Waals surface area contributed by atoms with E-state index in [0.29, 0.717) is 12.2 Å². The van der Waals surface area contributed by atoms with Crippen LogP contribution in [0.5, 0.6) is 11.5 Å². The maximum absolute atomic E-state index is 12.3. The molecule has 1 N–H and O–H groups in total. The van der Waals surface area contributed by atoms with Crippen LogP contribution in [-0.4, -0.2) is 48.7 Å². The van der Waals surface area contributed by atoms with Gasteiger partial charge < -0.3 is 19.6 Å². The van der Waals surface area contributed by atoms with Crippen LogP contribution < -0.4 is 9.64 Å². The van der Waals surface area contributed by atoms with E-state index >= 15 is 0 Å². The average molecular weight is 340 g/mol. The summed E-state index contributed by atoms with van der Waals surface area (Å²) in [5.41, 5.74) is 2.46. The quantitative estimate of drug-likeness (QED) is 0.909. The Hall–Kier alpha value is -2.69. The SMILES string of the molecule is Cc1ccc(N2CCN(C(=O)CCOc3ccccc3O)CC2)cc1. The van der Waals surface area contributed by atoms with Crippen LogP contribution >= 0.6 is 0 Å². The van der Waals surface area contributed by atoms with Crippen LogP contribution in [0.3, 0.4) is 0 Å². The van der Waals surface area contributed by atoms with Crippen LogP contribution in [0.2, 0.25) is 0 Å². The second-order valence-corrected chi connectivity index (χ2v) is 6.27. The summed E-state index contributed by atoms with van der Waals surface area (Å²) in [5.74, 6) is 0.611. The average Bonchev–Trinajstić information content (AvgIpc) is 2.64. The minimum absolute atomic E-state index is 0.0963. The highest BCUT2D eigenvalue weighted by molar-refractivity contribution is 5.76. The summed E-state index contributed by atoms with van der Waals surface area (Å²) in [6.45, 7) is 5.49. The van der Waals surface area contributed by atoms with Crippen molar-refractivity contribution in [1.82, 2.24) is 4.90 Å². The monoisotopic (exact) mass is 340 g/mol. The predicted molar refractivity (Wildman–Crippen MR) is 98.2 cm³/mol. The topological polar surface area (TPSA) is 53.0 Å². The Morgan fingerprint density at radius 2 is 1.72 bits per heavy atom. The number of carbonyl (C=O) groups is 1. The molecule has 25 heavy (non-hydrogen) atoms. The van der Waals surface area contributed by atoms with Crippen molar-refractivity contribution < 1.29 is 14.6 Å². The minimum Gasteiger partial charge on any atom is -0.504 e. The Balaban J connectivity index is 1.44. The number of piperazine rings is 1. The zero-order chi connectivity index (χ0) is 17.6. The molecule has 5 nitrogen and oxygen atoms in total. The van der Waals surface area contributed by atoms with Crippen molar-refractivity contribution >= 4 is 11.6 Å². The molecule has 0 aliphatic carbocycles. The van der Waals surface area contributed by atoms with Crippen molar-refractivity contribution in [2.24, 2.45) is 0 Å². The van der Waals surface area contributed by atoms with Gasteiger partial charge in [-0.1, -0.05) is 29.8 Å². The van der Waals surface area contributed by atoms with E-state index in [1.807, 2.05) is 4.90 Å². The molecule has 1 aliphatic heterocycles. The summed E-state index contributed by atoms with van der Waals surface area (Å²) in [7, 11) is 0. The van der Waals surface area contributed by atoms with E-state index in [2.05, 4.69) is 36.1 Å². The molecule has 0 radical (unpaired) electrons. The number of para-hydroxylation sites is 2. The molecule has 0 saturated carbocycles. The Bertz CT molecular complexity index is 707. The fraction of sp³-hybridized carbons (Fsp3) is 0.350. The predicted octanol–water partition coefficient (Wildman–Crippen LogP) is 2.82. The fourth-order valence-corrected chi connectivity index (χ4v) is 2.96. The number of aryl methyl sites for hydroxylation is 1. The lowest BCUT2D eigenvalue weighted by atomic mass is 10.2. The number of carbonyl (C=O) groups excluding carboxylic acids is 1. The number of nitrogens with zero attached hydrogens (tertiary/aromatic N) is 2. The molecule has 2 aromatic rings. The first-order valence-electron chi connectivity index (χ1n) is 8.63. The fourth-order valence-electron chi connectivity index (χ4n) is 2.96. The van der Waals surface area contributed by atoms with E-state index in [-0.39, 0.29) is 18.3 Å². The summed E-state index contributed by atoms with van der Waals surface area (Å²) in [4.78, 5) is 16.5. The molecule has 0 aromatic heterocycles. The molecule has 1 saturated heterocycles. The van der Waals surface area contributed by atoms with Crippen LogP contribution in [-0.2, 0) is 4.79 Å². The number of rotatable bonds is 5. The molecule has 1 amide bonds. The van der Waals surface area contributed by atoms with E-state index in [0.717, 1.165) is 26.2 Å². The Morgan fingerprint density at radius 3 is 2.40 bits per heavy atom. The van der Waals surface area contributed by atoms with Gasteiger partial charge >= 0.3 is 0 Å². The van der Waals surface area contributed by atoms with Crippen molar-refractivity contribution in [3.8, 4) is 11.5 Å². The first kappa shape index (κ1) is 17.1. The third kappa shape index (κ3) is 4.44. The van der Waals surface area contributed by atoms with Gasteiger partial charge in [0.25, 0.3) is 0 Å². The van der Waals surface area contributed by atoms with Gasteiger partial charge in [0.2, 0.25) is 5.91 Å². The van der Waals surface area contributed by atoms with E-state index in [4.69, 9.17) is 4.74 Å². The number of anilines is 1. The van der Waals surface area contributed by atoms with Crippen LogP contribution in [0.1, 0.15) is 12.0 Å². The van der Waals surface area contributed by atoms with Crippen molar-refractivity contribution in [1.29, 1.82) is 0 Å². The summed E-state index contributed by atoms with van der Waals surface area (Å²) in [6, 6.07) is 15.3. The number of benzene rings is 2. The van der Waals surface area contributed by atoms with E-state index in [1.54, 1.807) is 24.3 Å². The first-order valence-corrected chi connectivity index (χ1v) is 8.63. The third-order valence-corrected chi connectivity index (χ3v) is 4.47. The summed E-state index contributed by atoms with van der Waals surface area (Å²) in [6.07, 6.45) is 0.318. The molecule has 0 spiro atoms. The maximum Gasteiger partial charge on any atom is 0.226 e. The third-order valence-electron chi connectivity index (χ3n) is 4.47. The molecule has 1 fully saturated rings. The summed E-state index contributed by atoms with van der Waals surface area (Å²) >= 11 is 0. The van der Waals surface area contributed by atoms with E-state index in [9.17, 15) is 9.90 Å². The maximum atomic E-state index is 12.3. The molecular weight excluding hydrogens is 316 g/mol. The number of amides is 1. The standard InChI is InChI=1S/C20H24N2O3/c1-16-6-8-17(9-7-16)21-11-13-22(14-12-21)20(24)10-15-25-19-5-3-2-4-18(19)23/h2-9,23H,10-15H2,1H3. The van der Waals surface area contributed by atoms with Gasteiger partial charge in [-0.15, -0.1) is 0 Å². The second kappa shape index (κ2) is 7.92. The largest absolute Gasteiger partial charge is 0.504 e. The zero-order valence-corrected chi connectivity index (χ0v) is 14.5. The van der Waals surface area contributed by atoms with Gasteiger partial charge in [0.05, 0.1) is 13.0 Å². The highest BCUT2D eigenvalue weighted by Gasteiger charge is 2.21. The van der Waals surface area contributed by atoms with Crippen molar-refractivity contribution in [3.05, 3.63) is 54.1 Å². The number of phenols is 1. The van der Waals surface area contributed by atoms with E-state index < -0.39 is 0 Å². The molecule has 132 valence electrons. The van der Waals surface area contributed by atoms with Crippen LogP contribution in [0.4, 0.5) is 5.69 Å². The molecule has 1 aliphatic rings.